The fourth-order valence-electron chi connectivity index (χ4n) is 4.21. The third-order valence-electron chi connectivity index (χ3n) is 6.03. The van der Waals surface area contributed by atoms with Crippen LogP contribution < -0.4 is 10.2 Å². The monoisotopic (exact) mass is 414 g/mol. The maximum atomic E-state index is 13.9. The maximum absolute atomic E-state index is 13.9. The van der Waals surface area contributed by atoms with Crippen molar-refractivity contribution >= 4 is 11.9 Å². The summed E-state index contributed by atoms with van der Waals surface area (Å²) in [6.07, 6.45) is 0. The number of quaternary nitrogens is 1. The van der Waals surface area contributed by atoms with Gasteiger partial charge in [-0.05, 0) is 36.1 Å². The number of imide groups is 1. The van der Waals surface area contributed by atoms with Gasteiger partial charge in [-0.15, -0.1) is 0 Å². The van der Waals surface area contributed by atoms with Gasteiger partial charge in [0.05, 0.1) is 7.05 Å². The Labute approximate surface area is 183 Å². The zero-order valence-corrected chi connectivity index (χ0v) is 18.2. The van der Waals surface area contributed by atoms with Crippen LogP contribution in [-0.4, -0.2) is 30.6 Å². The Bertz CT molecular complexity index is 1100. The number of nitrogens with one attached hydrogen (secondary N) is 2. The Hall–Kier alpha value is -3.44. The van der Waals surface area contributed by atoms with Crippen LogP contribution in [0.4, 0.5) is 4.79 Å². The molecule has 0 bridgehead atoms. The average molecular weight is 415 g/mol. The first-order valence-corrected chi connectivity index (χ1v) is 10.5. The van der Waals surface area contributed by atoms with Crippen molar-refractivity contribution in [2.75, 3.05) is 13.7 Å². The lowest BCUT2D eigenvalue weighted by Gasteiger charge is -2.29. The summed E-state index contributed by atoms with van der Waals surface area (Å²) in [5.41, 5.74) is 3.72. The Morgan fingerprint density at radius 3 is 2.13 bits per heavy atom. The van der Waals surface area contributed by atoms with E-state index in [1.54, 1.807) is 0 Å². The number of carbonyl (C=O) groups excluding carboxylic acids is 2. The predicted octanol–water partition coefficient (Wildman–Crippen LogP) is 2.77. The molecule has 2 atom stereocenters. The van der Waals surface area contributed by atoms with Crippen LogP contribution in [0.25, 0.3) is 0 Å². The van der Waals surface area contributed by atoms with Crippen molar-refractivity contribution in [3.8, 4) is 0 Å². The molecule has 158 valence electrons. The summed E-state index contributed by atoms with van der Waals surface area (Å²) in [5.74, 6) is -0.237. The minimum Gasteiger partial charge on any atom is -0.316 e. The second-order valence-corrected chi connectivity index (χ2v) is 8.36. The zero-order valence-electron chi connectivity index (χ0n) is 18.2. The number of hydrogen-bond acceptors (Lipinski definition) is 2. The summed E-state index contributed by atoms with van der Waals surface area (Å²) in [5, 5.41) is 3.04. The molecular formula is C26H28N3O2+. The van der Waals surface area contributed by atoms with Gasteiger partial charge in [0.2, 0.25) is 0 Å². The molecule has 1 aliphatic rings. The third-order valence-corrected chi connectivity index (χ3v) is 6.03. The van der Waals surface area contributed by atoms with E-state index in [1.165, 1.54) is 4.90 Å². The van der Waals surface area contributed by atoms with E-state index < -0.39 is 5.54 Å². The van der Waals surface area contributed by atoms with E-state index in [4.69, 9.17) is 0 Å². The number of urea groups is 1. The van der Waals surface area contributed by atoms with Crippen LogP contribution in [-0.2, 0) is 16.9 Å². The van der Waals surface area contributed by atoms with Crippen molar-refractivity contribution in [3.63, 3.8) is 0 Å². The van der Waals surface area contributed by atoms with Gasteiger partial charge in [-0.2, -0.15) is 0 Å². The molecule has 3 amide bonds. The number of hydrogen-bond donors (Lipinski definition) is 2. The van der Waals surface area contributed by atoms with Crippen molar-refractivity contribution in [2.24, 2.45) is 0 Å². The highest BCUT2D eigenvalue weighted by atomic mass is 16.2. The van der Waals surface area contributed by atoms with Gasteiger partial charge in [0.1, 0.15) is 6.54 Å². The molecule has 31 heavy (non-hydrogen) atoms. The van der Waals surface area contributed by atoms with E-state index >= 15 is 0 Å². The van der Waals surface area contributed by atoms with Gasteiger partial charge in [0.25, 0.3) is 5.91 Å². The lowest BCUT2D eigenvalue weighted by Crippen LogP contribution is -3.09. The molecule has 3 aromatic rings. The normalized spacial score (nSPS) is 19.4. The molecule has 5 heteroatoms. The van der Waals surface area contributed by atoms with Gasteiger partial charge in [-0.1, -0.05) is 78.9 Å². The molecule has 4 rings (SSSR count). The summed E-state index contributed by atoms with van der Waals surface area (Å²) in [7, 11) is 1.99. The van der Waals surface area contributed by atoms with Gasteiger partial charge in [-0.25, -0.2) is 9.69 Å². The van der Waals surface area contributed by atoms with Crippen molar-refractivity contribution in [1.29, 1.82) is 0 Å². The second-order valence-electron chi connectivity index (χ2n) is 8.36. The van der Waals surface area contributed by atoms with Crippen molar-refractivity contribution in [3.05, 3.63) is 107 Å². The molecule has 5 nitrogen and oxygen atoms in total. The molecule has 1 fully saturated rings. The molecule has 1 saturated heterocycles. The number of amides is 3. The number of aryl methyl sites for hydroxylation is 2. The van der Waals surface area contributed by atoms with Crippen LogP contribution in [0.2, 0.25) is 0 Å². The standard InChI is InChI=1S/C26H27N3O2/c1-19-14-15-23(16-20(19)2)26(22-12-8-5-9-13-22)24(30)29(25(31)27-26)18-28(3)17-21-10-6-4-7-11-21/h4-16H,17-18H2,1-3H3,(H,27,31)/p+1/t26-/m1/s1. The van der Waals surface area contributed by atoms with E-state index in [2.05, 4.69) is 17.4 Å². The summed E-state index contributed by atoms with van der Waals surface area (Å²) in [6.45, 7) is 5.07. The molecule has 1 aliphatic heterocycles. The van der Waals surface area contributed by atoms with E-state index in [9.17, 15) is 9.59 Å². The van der Waals surface area contributed by atoms with Gasteiger partial charge >= 0.3 is 6.03 Å². The summed E-state index contributed by atoms with van der Waals surface area (Å²) < 4.78 is 0. The summed E-state index contributed by atoms with van der Waals surface area (Å²) in [4.78, 5) is 29.3. The quantitative estimate of drug-likeness (QED) is 0.610. The summed E-state index contributed by atoms with van der Waals surface area (Å²) >= 11 is 0. The first-order chi connectivity index (χ1) is 14.9. The smallest absolute Gasteiger partial charge is 0.316 e. The van der Waals surface area contributed by atoms with Crippen LogP contribution in [0.1, 0.15) is 27.8 Å². The van der Waals surface area contributed by atoms with Gasteiger partial charge in [0.15, 0.2) is 12.2 Å². The Kier molecular flexibility index (Phi) is 5.61. The van der Waals surface area contributed by atoms with Gasteiger partial charge in [-0.3, -0.25) is 4.79 Å². The largest absolute Gasteiger partial charge is 0.330 e. The Morgan fingerprint density at radius 2 is 1.48 bits per heavy atom. The molecule has 1 unspecified atom stereocenters. The van der Waals surface area contributed by atoms with Crippen LogP contribution in [0.15, 0.2) is 78.9 Å². The number of nitrogens with zero attached hydrogens (tertiary/aromatic N) is 1. The fourth-order valence-corrected chi connectivity index (χ4v) is 4.21. The highest BCUT2D eigenvalue weighted by molar-refractivity contribution is 6.09. The molecule has 3 aromatic carbocycles. The summed E-state index contributed by atoms with van der Waals surface area (Å²) in [6, 6.07) is 25.2. The highest BCUT2D eigenvalue weighted by Gasteiger charge is 2.54. The van der Waals surface area contributed by atoms with Gasteiger partial charge in [0, 0.05) is 5.56 Å². The van der Waals surface area contributed by atoms with Crippen molar-refractivity contribution in [2.45, 2.75) is 25.9 Å². The van der Waals surface area contributed by atoms with E-state index in [-0.39, 0.29) is 11.9 Å². The number of rotatable bonds is 6. The first kappa shape index (κ1) is 20.8. The highest BCUT2D eigenvalue weighted by Crippen LogP contribution is 2.36. The van der Waals surface area contributed by atoms with Crippen molar-refractivity contribution < 1.29 is 14.5 Å². The van der Waals surface area contributed by atoms with Crippen LogP contribution in [0, 0.1) is 13.8 Å². The Balaban J connectivity index is 1.69. The van der Waals surface area contributed by atoms with E-state index in [0.717, 1.165) is 39.3 Å². The third kappa shape index (κ3) is 3.84. The van der Waals surface area contributed by atoms with E-state index in [0.29, 0.717) is 6.67 Å². The first-order valence-electron chi connectivity index (χ1n) is 10.5. The van der Waals surface area contributed by atoms with Crippen LogP contribution in [0.3, 0.4) is 0 Å². The van der Waals surface area contributed by atoms with Crippen LogP contribution in [0.5, 0.6) is 0 Å². The lowest BCUT2D eigenvalue weighted by atomic mass is 9.81. The minimum absolute atomic E-state index is 0.237. The molecule has 0 spiro atoms. The molecule has 0 saturated carbocycles. The van der Waals surface area contributed by atoms with Crippen molar-refractivity contribution in [1.82, 2.24) is 10.2 Å². The second kappa shape index (κ2) is 8.36. The zero-order chi connectivity index (χ0) is 22.0. The SMILES string of the molecule is Cc1ccc([C@@]2(c3ccccc3)NC(=O)N(C[NH+](C)Cc3ccccc3)C2=O)cc1C. The fraction of sp³-hybridized carbons (Fsp3) is 0.231. The topological polar surface area (TPSA) is 53.9 Å². The molecular weight excluding hydrogens is 386 g/mol. The molecule has 0 radical (unpaired) electrons. The lowest BCUT2D eigenvalue weighted by molar-refractivity contribution is -0.901. The number of carbonyl (C=O) groups is 2. The molecule has 1 heterocycles. The minimum atomic E-state index is -1.22. The maximum Gasteiger partial charge on any atom is 0.330 e. The average Bonchev–Trinajstić information content (AvgIpc) is 3.02. The van der Waals surface area contributed by atoms with Crippen LogP contribution >= 0.6 is 0 Å². The molecule has 0 aliphatic carbocycles. The van der Waals surface area contributed by atoms with Gasteiger partial charge < -0.3 is 10.2 Å². The Morgan fingerprint density at radius 1 is 0.839 bits per heavy atom. The van der Waals surface area contributed by atoms with E-state index in [1.807, 2.05) is 87.6 Å². The predicted molar refractivity (Wildman–Crippen MR) is 120 cm³/mol. The molecule has 0 aromatic heterocycles. The molecule has 2 N–H and O–H groups in total. The number of benzene rings is 3.